The number of hydrogen-bond acceptors (Lipinski definition) is 0. The van der Waals surface area contributed by atoms with Gasteiger partial charge in [0.05, 0.1) is 0 Å². The molecule has 0 unspecified atom stereocenters. The van der Waals surface area contributed by atoms with Crippen LogP contribution in [0, 0.1) is 5.82 Å². The van der Waals surface area contributed by atoms with Gasteiger partial charge in [0.1, 0.15) is 5.82 Å². The number of hydrogen-bond donors (Lipinski definition) is 0. The van der Waals surface area contributed by atoms with Crippen molar-refractivity contribution in [3.05, 3.63) is 48.3 Å². The van der Waals surface area contributed by atoms with Crippen molar-refractivity contribution < 1.29 is 4.39 Å². The van der Waals surface area contributed by atoms with Crippen LogP contribution in [0.3, 0.4) is 0 Å². The van der Waals surface area contributed by atoms with Gasteiger partial charge in [-0.3, -0.25) is 0 Å². The SMILES string of the molecule is C=CCCCCCCCc1ccccc1F. The summed E-state index contributed by atoms with van der Waals surface area (Å²) in [6, 6.07) is 7.07. The average molecular weight is 220 g/mol. The molecule has 0 amide bonds. The van der Waals surface area contributed by atoms with Gasteiger partial charge in [-0.25, -0.2) is 4.39 Å². The highest BCUT2D eigenvalue weighted by atomic mass is 19.1. The molecule has 0 aliphatic carbocycles. The van der Waals surface area contributed by atoms with Crippen molar-refractivity contribution in [3.8, 4) is 0 Å². The Balaban J connectivity index is 2.07. The molecular formula is C15H21F. The van der Waals surface area contributed by atoms with Gasteiger partial charge < -0.3 is 0 Å². The van der Waals surface area contributed by atoms with Gasteiger partial charge in [-0.2, -0.15) is 0 Å². The summed E-state index contributed by atoms with van der Waals surface area (Å²) in [6.07, 6.45) is 10.0. The Morgan fingerprint density at radius 2 is 1.69 bits per heavy atom. The molecule has 1 aromatic rings. The lowest BCUT2D eigenvalue weighted by atomic mass is 10.0. The number of aryl methyl sites for hydroxylation is 1. The van der Waals surface area contributed by atoms with E-state index >= 15 is 0 Å². The molecule has 0 aliphatic rings. The second kappa shape index (κ2) is 8.09. The minimum Gasteiger partial charge on any atom is -0.207 e. The molecule has 88 valence electrons. The van der Waals surface area contributed by atoms with Crippen LogP contribution < -0.4 is 0 Å². The monoisotopic (exact) mass is 220 g/mol. The van der Waals surface area contributed by atoms with E-state index in [0.717, 1.165) is 24.8 Å². The van der Waals surface area contributed by atoms with Crippen LogP contribution in [0.1, 0.15) is 44.1 Å². The van der Waals surface area contributed by atoms with E-state index < -0.39 is 0 Å². The van der Waals surface area contributed by atoms with Crippen molar-refractivity contribution in [2.75, 3.05) is 0 Å². The predicted molar refractivity (Wildman–Crippen MR) is 68.0 cm³/mol. The summed E-state index contributed by atoms with van der Waals surface area (Å²) in [6.45, 7) is 3.70. The van der Waals surface area contributed by atoms with Crippen LogP contribution in [-0.4, -0.2) is 0 Å². The fourth-order valence-corrected chi connectivity index (χ4v) is 1.84. The van der Waals surface area contributed by atoms with Crippen LogP contribution in [0.4, 0.5) is 4.39 Å². The minimum absolute atomic E-state index is 0.0610. The van der Waals surface area contributed by atoms with E-state index in [9.17, 15) is 4.39 Å². The van der Waals surface area contributed by atoms with Crippen LogP contribution in [0.25, 0.3) is 0 Å². The number of halogens is 1. The fraction of sp³-hybridized carbons (Fsp3) is 0.467. The lowest BCUT2D eigenvalue weighted by Gasteiger charge is -2.03. The van der Waals surface area contributed by atoms with Crippen molar-refractivity contribution in [2.45, 2.75) is 44.9 Å². The molecule has 0 saturated heterocycles. The standard InChI is InChI=1S/C15H21F/c1-2-3-4-5-6-7-8-11-14-12-9-10-13-15(14)16/h2,9-10,12-13H,1,3-8,11H2. The zero-order chi connectivity index (χ0) is 11.6. The van der Waals surface area contributed by atoms with E-state index in [1.807, 2.05) is 18.2 Å². The average Bonchev–Trinajstić information content (AvgIpc) is 2.30. The van der Waals surface area contributed by atoms with Crippen LogP contribution in [-0.2, 0) is 6.42 Å². The Morgan fingerprint density at radius 1 is 1.00 bits per heavy atom. The third-order valence-corrected chi connectivity index (χ3v) is 2.81. The maximum Gasteiger partial charge on any atom is 0.126 e. The number of unbranched alkanes of at least 4 members (excludes halogenated alkanes) is 5. The Hall–Kier alpha value is -1.11. The summed E-state index contributed by atoms with van der Waals surface area (Å²) in [5.74, 6) is -0.0610. The van der Waals surface area contributed by atoms with Crippen molar-refractivity contribution in [1.29, 1.82) is 0 Å². The Bertz CT molecular complexity index is 304. The molecule has 1 aromatic carbocycles. The van der Waals surface area contributed by atoms with Gasteiger partial charge >= 0.3 is 0 Å². The minimum atomic E-state index is -0.0610. The molecule has 0 aliphatic heterocycles. The molecule has 0 radical (unpaired) electrons. The number of rotatable bonds is 8. The molecule has 0 spiro atoms. The van der Waals surface area contributed by atoms with Gasteiger partial charge in [0.15, 0.2) is 0 Å². The normalized spacial score (nSPS) is 10.3. The highest BCUT2D eigenvalue weighted by molar-refractivity contribution is 5.17. The zero-order valence-electron chi connectivity index (χ0n) is 9.92. The summed E-state index contributed by atoms with van der Waals surface area (Å²) in [5.41, 5.74) is 0.855. The fourth-order valence-electron chi connectivity index (χ4n) is 1.84. The van der Waals surface area contributed by atoms with Crippen molar-refractivity contribution in [3.63, 3.8) is 0 Å². The molecule has 0 N–H and O–H groups in total. The maximum absolute atomic E-state index is 13.3. The first-order chi connectivity index (χ1) is 7.84. The van der Waals surface area contributed by atoms with E-state index in [2.05, 4.69) is 6.58 Å². The number of benzene rings is 1. The highest BCUT2D eigenvalue weighted by Gasteiger charge is 1.99. The largest absolute Gasteiger partial charge is 0.207 e. The second-order valence-electron chi connectivity index (χ2n) is 4.19. The first-order valence-corrected chi connectivity index (χ1v) is 6.19. The molecule has 1 heteroatoms. The Labute approximate surface area is 98.2 Å². The van der Waals surface area contributed by atoms with Gasteiger partial charge in [0.25, 0.3) is 0 Å². The molecule has 0 bridgehead atoms. The smallest absolute Gasteiger partial charge is 0.126 e. The van der Waals surface area contributed by atoms with Crippen LogP contribution >= 0.6 is 0 Å². The van der Waals surface area contributed by atoms with E-state index in [4.69, 9.17) is 0 Å². The molecular weight excluding hydrogens is 199 g/mol. The van der Waals surface area contributed by atoms with Crippen LogP contribution in [0.5, 0.6) is 0 Å². The molecule has 0 fully saturated rings. The first-order valence-electron chi connectivity index (χ1n) is 6.19. The third kappa shape index (κ3) is 5.11. The third-order valence-electron chi connectivity index (χ3n) is 2.81. The summed E-state index contributed by atoms with van der Waals surface area (Å²) in [7, 11) is 0. The molecule has 0 heterocycles. The second-order valence-corrected chi connectivity index (χ2v) is 4.19. The summed E-state index contributed by atoms with van der Waals surface area (Å²) >= 11 is 0. The van der Waals surface area contributed by atoms with E-state index in [-0.39, 0.29) is 5.82 Å². The summed E-state index contributed by atoms with van der Waals surface area (Å²) in [5, 5.41) is 0. The molecule has 0 nitrogen and oxygen atoms in total. The molecule has 0 aromatic heterocycles. The van der Waals surface area contributed by atoms with E-state index in [1.165, 1.54) is 25.7 Å². The molecule has 1 rings (SSSR count). The number of allylic oxidation sites excluding steroid dienone is 1. The van der Waals surface area contributed by atoms with Gasteiger partial charge in [-0.05, 0) is 37.3 Å². The van der Waals surface area contributed by atoms with Gasteiger partial charge in [-0.1, -0.05) is 43.5 Å². The first kappa shape index (κ1) is 13.0. The summed E-state index contributed by atoms with van der Waals surface area (Å²) < 4.78 is 13.3. The van der Waals surface area contributed by atoms with Crippen LogP contribution in [0.2, 0.25) is 0 Å². The van der Waals surface area contributed by atoms with E-state index in [0.29, 0.717) is 0 Å². The van der Waals surface area contributed by atoms with Gasteiger partial charge in [0.2, 0.25) is 0 Å². The summed E-state index contributed by atoms with van der Waals surface area (Å²) in [4.78, 5) is 0. The van der Waals surface area contributed by atoms with Crippen molar-refractivity contribution in [1.82, 2.24) is 0 Å². The highest BCUT2D eigenvalue weighted by Crippen LogP contribution is 2.12. The lowest BCUT2D eigenvalue weighted by Crippen LogP contribution is -1.90. The van der Waals surface area contributed by atoms with Crippen LogP contribution in [0.15, 0.2) is 36.9 Å². The quantitative estimate of drug-likeness (QED) is 0.432. The van der Waals surface area contributed by atoms with Crippen molar-refractivity contribution in [2.24, 2.45) is 0 Å². The maximum atomic E-state index is 13.3. The Kier molecular flexibility index (Phi) is 6.55. The molecule has 0 atom stereocenters. The predicted octanol–water partition coefficient (Wildman–Crippen LogP) is 4.89. The van der Waals surface area contributed by atoms with Crippen molar-refractivity contribution >= 4 is 0 Å². The van der Waals surface area contributed by atoms with Gasteiger partial charge in [0, 0.05) is 0 Å². The molecule has 0 saturated carbocycles. The zero-order valence-corrected chi connectivity index (χ0v) is 9.92. The van der Waals surface area contributed by atoms with Gasteiger partial charge in [-0.15, -0.1) is 6.58 Å². The topological polar surface area (TPSA) is 0 Å². The molecule has 16 heavy (non-hydrogen) atoms. The van der Waals surface area contributed by atoms with E-state index in [1.54, 1.807) is 12.1 Å². The lowest BCUT2D eigenvalue weighted by molar-refractivity contribution is 0.584. The Morgan fingerprint density at radius 3 is 2.44 bits per heavy atom.